The molecular formula is C27H28Cl3N5O3S. The van der Waals surface area contributed by atoms with Crippen LogP contribution in [0.15, 0.2) is 53.7 Å². The zero-order valence-electron chi connectivity index (χ0n) is 21.5. The molecule has 0 bridgehead atoms. The van der Waals surface area contributed by atoms with E-state index < -0.39 is 0 Å². The summed E-state index contributed by atoms with van der Waals surface area (Å²) in [6.45, 7) is 4.15. The number of aromatic nitrogens is 2. The van der Waals surface area contributed by atoms with Gasteiger partial charge in [-0.1, -0.05) is 58.7 Å². The van der Waals surface area contributed by atoms with Crippen LogP contribution in [0.1, 0.15) is 22.8 Å². The van der Waals surface area contributed by atoms with Gasteiger partial charge in [0, 0.05) is 53.9 Å². The average Bonchev–Trinajstić information content (AvgIpc) is 2.92. The van der Waals surface area contributed by atoms with E-state index in [1.54, 1.807) is 37.4 Å². The van der Waals surface area contributed by atoms with Crippen LogP contribution in [-0.2, 0) is 11.2 Å². The maximum atomic E-state index is 13.1. The minimum atomic E-state index is -0.145. The number of benzene rings is 2. The Balaban J connectivity index is 1.30. The van der Waals surface area contributed by atoms with Gasteiger partial charge in [-0.15, -0.1) is 0 Å². The van der Waals surface area contributed by atoms with Gasteiger partial charge in [0.25, 0.3) is 5.91 Å². The third-order valence-corrected chi connectivity index (χ3v) is 7.88. The van der Waals surface area contributed by atoms with E-state index in [9.17, 15) is 9.59 Å². The lowest BCUT2D eigenvalue weighted by molar-refractivity contribution is -0.118. The van der Waals surface area contributed by atoms with E-state index in [2.05, 4.69) is 20.2 Å². The Kier molecular flexibility index (Phi) is 10.2. The first-order chi connectivity index (χ1) is 18.7. The molecular weight excluding hydrogens is 581 g/mol. The number of halogens is 3. The van der Waals surface area contributed by atoms with Gasteiger partial charge in [0.05, 0.1) is 12.9 Å². The van der Waals surface area contributed by atoms with Crippen molar-refractivity contribution in [3.05, 3.63) is 74.9 Å². The molecule has 4 rings (SSSR count). The number of nitrogens with zero attached hydrogens (tertiary/aromatic N) is 4. The Hall–Kier alpha value is -2.72. The zero-order valence-corrected chi connectivity index (χ0v) is 24.6. The Morgan fingerprint density at radius 3 is 2.67 bits per heavy atom. The summed E-state index contributed by atoms with van der Waals surface area (Å²) < 4.78 is 5.25. The van der Waals surface area contributed by atoms with Crippen LogP contribution >= 0.6 is 46.6 Å². The number of hydrogen-bond donors (Lipinski definition) is 1. The Labute approximate surface area is 247 Å². The van der Waals surface area contributed by atoms with Gasteiger partial charge in [-0.3, -0.25) is 9.59 Å². The molecule has 1 atom stereocenters. The second-order valence-electron chi connectivity index (χ2n) is 8.98. The molecule has 2 amide bonds. The average molecular weight is 609 g/mol. The van der Waals surface area contributed by atoms with Crippen molar-refractivity contribution in [3.8, 4) is 5.75 Å². The van der Waals surface area contributed by atoms with Crippen molar-refractivity contribution in [2.75, 3.05) is 43.9 Å². The topological polar surface area (TPSA) is 87.7 Å². The number of methoxy groups -OCH3 is 1. The molecule has 8 nitrogen and oxygen atoms in total. The summed E-state index contributed by atoms with van der Waals surface area (Å²) >= 11 is 19.6. The number of carbonyl (C=O) groups excluding carboxylic acids is 2. The molecule has 1 unspecified atom stereocenters. The van der Waals surface area contributed by atoms with Crippen molar-refractivity contribution >= 4 is 64.2 Å². The highest BCUT2D eigenvalue weighted by Crippen LogP contribution is 2.25. The maximum absolute atomic E-state index is 13.1. The highest BCUT2D eigenvalue weighted by atomic mass is 35.5. The van der Waals surface area contributed by atoms with Crippen molar-refractivity contribution in [1.29, 1.82) is 0 Å². The summed E-state index contributed by atoms with van der Waals surface area (Å²) in [5.41, 5.74) is 1.50. The summed E-state index contributed by atoms with van der Waals surface area (Å²) in [4.78, 5) is 38.3. The first kappa shape index (κ1) is 29.3. The zero-order chi connectivity index (χ0) is 27.9. The summed E-state index contributed by atoms with van der Waals surface area (Å²) in [6, 6.07) is 14.1. The molecule has 0 aliphatic carbocycles. The van der Waals surface area contributed by atoms with E-state index in [0.717, 1.165) is 5.56 Å². The molecule has 1 saturated heterocycles. The van der Waals surface area contributed by atoms with Crippen molar-refractivity contribution in [1.82, 2.24) is 20.2 Å². The Bertz CT molecular complexity index is 1350. The van der Waals surface area contributed by atoms with Crippen LogP contribution in [0.4, 0.5) is 5.82 Å². The van der Waals surface area contributed by atoms with Crippen LogP contribution < -0.4 is 15.0 Å². The largest absolute Gasteiger partial charge is 0.497 e. The third kappa shape index (κ3) is 7.91. The number of rotatable bonds is 9. The SMILES string of the molecule is COc1cccc(C(=O)N2CCN(c3cc(Cl)nc(SCC(=O)NCCc4ccc(Cl)cc4Cl)n3)CC2C)c1. The van der Waals surface area contributed by atoms with Crippen LogP contribution in [0.2, 0.25) is 15.2 Å². The molecule has 0 radical (unpaired) electrons. The fourth-order valence-electron chi connectivity index (χ4n) is 4.24. The van der Waals surface area contributed by atoms with Gasteiger partial charge in [0.15, 0.2) is 5.16 Å². The molecule has 2 aromatic carbocycles. The Morgan fingerprint density at radius 1 is 1.10 bits per heavy atom. The van der Waals surface area contributed by atoms with E-state index >= 15 is 0 Å². The molecule has 1 aliphatic rings. The number of anilines is 1. The van der Waals surface area contributed by atoms with Crippen LogP contribution in [0.3, 0.4) is 0 Å². The van der Waals surface area contributed by atoms with Gasteiger partial charge in [0.1, 0.15) is 16.7 Å². The number of thioether (sulfide) groups is 1. The van der Waals surface area contributed by atoms with E-state index in [4.69, 9.17) is 39.5 Å². The molecule has 39 heavy (non-hydrogen) atoms. The van der Waals surface area contributed by atoms with Gasteiger partial charge in [-0.2, -0.15) is 0 Å². The van der Waals surface area contributed by atoms with Crippen LogP contribution in [-0.4, -0.2) is 71.8 Å². The van der Waals surface area contributed by atoms with Crippen molar-refractivity contribution < 1.29 is 14.3 Å². The lowest BCUT2D eigenvalue weighted by Gasteiger charge is -2.40. The Morgan fingerprint density at radius 2 is 1.92 bits per heavy atom. The van der Waals surface area contributed by atoms with Gasteiger partial charge < -0.3 is 19.9 Å². The molecule has 1 aliphatic heterocycles. The number of ether oxygens (including phenoxy) is 1. The molecule has 12 heteroatoms. The number of hydrogen-bond acceptors (Lipinski definition) is 7. The van der Waals surface area contributed by atoms with Crippen LogP contribution in [0, 0.1) is 0 Å². The number of carbonyl (C=O) groups is 2. The number of amides is 2. The molecule has 0 saturated carbocycles. The predicted octanol–water partition coefficient (Wildman–Crippen LogP) is 5.25. The fraction of sp³-hybridized carbons (Fsp3) is 0.333. The minimum absolute atomic E-state index is 0.0395. The van der Waals surface area contributed by atoms with Gasteiger partial charge in [-0.25, -0.2) is 9.97 Å². The quantitative estimate of drug-likeness (QED) is 0.202. The summed E-state index contributed by atoms with van der Waals surface area (Å²) in [7, 11) is 1.58. The standard InChI is InChI=1S/C27H28Cl3N5O3S/c1-17-15-34(10-11-35(17)26(37)19-4-3-5-21(12-19)38-2)24-14-23(30)32-27(33-24)39-16-25(36)31-9-8-18-6-7-20(28)13-22(18)29/h3-7,12-14,17H,8-11,15-16H2,1-2H3,(H,31,36). The first-order valence-electron chi connectivity index (χ1n) is 12.3. The van der Waals surface area contributed by atoms with Crippen molar-refractivity contribution in [2.45, 2.75) is 24.5 Å². The lowest BCUT2D eigenvalue weighted by atomic mass is 10.1. The normalized spacial score (nSPS) is 15.3. The fourth-order valence-corrected chi connectivity index (χ4v) is 5.66. The number of nitrogens with one attached hydrogen (secondary N) is 1. The highest BCUT2D eigenvalue weighted by Gasteiger charge is 2.29. The van der Waals surface area contributed by atoms with Gasteiger partial charge >= 0.3 is 0 Å². The molecule has 0 spiro atoms. The molecule has 1 aromatic heterocycles. The van der Waals surface area contributed by atoms with Crippen LogP contribution in [0.5, 0.6) is 5.75 Å². The minimum Gasteiger partial charge on any atom is -0.497 e. The summed E-state index contributed by atoms with van der Waals surface area (Å²) in [5, 5.41) is 4.74. The van der Waals surface area contributed by atoms with Crippen molar-refractivity contribution in [2.24, 2.45) is 0 Å². The second-order valence-corrected chi connectivity index (χ2v) is 11.2. The third-order valence-electron chi connectivity index (χ3n) is 6.25. The van der Waals surface area contributed by atoms with Crippen LogP contribution in [0.25, 0.3) is 0 Å². The molecule has 206 valence electrons. The smallest absolute Gasteiger partial charge is 0.254 e. The molecule has 3 aromatic rings. The van der Waals surface area contributed by atoms with Crippen molar-refractivity contribution in [3.63, 3.8) is 0 Å². The molecule has 2 heterocycles. The van der Waals surface area contributed by atoms with E-state index in [1.165, 1.54) is 11.8 Å². The van der Waals surface area contributed by atoms with E-state index in [1.807, 2.05) is 30.0 Å². The summed E-state index contributed by atoms with van der Waals surface area (Å²) in [5.74, 6) is 1.27. The molecule has 1 N–H and O–H groups in total. The lowest BCUT2D eigenvalue weighted by Crippen LogP contribution is -2.54. The maximum Gasteiger partial charge on any atom is 0.254 e. The predicted molar refractivity (Wildman–Crippen MR) is 157 cm³/mol. The first-order valence-corrected chi connectivity index (χ1v) is 14.4. The molecule has 1 fully saturated rings. The van der Waals surface area contributed by atoms with Gasteiger partial charge in [-0.05, 0) is 49.2 Å². The number of piperazine rings is 1. The monoisotopic (exact) mass is 607 g/mol. The second kappa shape index (κ2) is 13.6. The van der Waals surface area contributed by atoms with E-state index in [-0.39, 0.29) is 23.6 Å². The van der Waals surface area contributed by atoms with E-state index in [0.29, 0.717) is 70.1 Å². The summed E-state index contributed by atoms with van der Waals surface area (Å²) in [6.07, 6.45) is 0.592. The highest BCUT2D eigenvalue weighted by molar-refractivity contribution is 7.99. The van der Waals surface area contributed by atoms with Gasteiger partial charge in [0.2, 0.25) is 5.91 Å².